The van der Waals surface area contributed by atoms with Crippen LogP contribution in [-0.4, -0.2) is 4.57 Å². The van der Waals surface area contributed by atoms with Gasteiger partial charge in [0.2, 0.25) is 0 Å². The van der Waals surface area contributed by atoms with E-state index >= 15 is 0 Å². The van der Waals surface area contributed by atoms with Crippen molar-refractivity contribution in [1.29, 1.82) is 0 Å². The predicted octanol–water partition coefficient (Wildman–Crippen LogP) is 6.49. The minimum absolute atomic E-state index is 0.880. The van der Waals surface area contributed by atoms with Gasteiger partial charge in [0, 0.05) is 17.8 Å². The molecule has 4 rings (SSSR count). The Morgan fingerprint density at radius 3 is 1.69 bits per heavy atom. The van der Waals surface area contributed by atoms with Crippen molar-refractivity contribution in [1.82, 2.24) is 4.57 Å². The molecule has 0 saturated carbocycles. The monoisotopic (exact) mass is 337 g/mol. The van der Waals surface area contributed by atoms with Crippen molar-refractivity contribution >= 4 is 0 Å². The Morgan fingerprint density at radius 2 is 1.12 bits per heavy atom. The summed E-state index contributed by atoms with van der Waals surface area (Å²) in [4.78, 5) is 0. The lowest BCUT2D eigenvalue weighted by Crippen LogP contribution is -2.04. The van der Waals surface area contributed by atoms with Gasteiger partial charge in [0.25, 0.3) is 0 Å². The molecule has 0 aliphatic heterocycles. The fourth-order valence-electron chi connectivity index (χ4n) is 3.86. The maximum atomic E-state index is 2.46. The topological polar surface area (TPSA) is 4.93 Å². The molecule has 1 heteroatoms. The molecule has 0 aliphatic rings. The van der Waals surface area contributed by atoms with Crippen molar-refractivity contribution in [3.05, 3.63) is 108 Å². The van der Waals surface area contributed by atoms with Gasteiger partial charge in [-0.2, -0.15) is 0 Å². The number of rotatable bonds is 4. The molecular formula is C25H23N. The first-order valence-corrected chi connectivity index (χ1v) is 9.10. The van der Waals surface area contributed by atoms with Crippen LogP contribution in [0, 0.1) is 13.8 Å². The van der Waals surface area contributed by atoms with Gasteiger partial charge in [-0.3, -0.25) is 0 Å². The third-order valence-electron chi connectivity index (χ3n) is 5.06. The van der Waals surface area contributed by atoms with Gasteiger partial charge in [-0.15, -0.1) is 0 Å². The van der Waals surface area contributed by atoms with Crippen LogP contribution >= 0.6 is 0 Å². The lowest BCUT2D eigenvalue weighted by atomic mass is 9.99. The maximum Gasteiger partial charge on any atom is 0.0521 e. The second kappa shape index (κ2) is 7.05. The normalized spacial score (nSPS) is 10.8. The zero-order valence-electron chi connectivity index (χ0n) is 15.3. The summed E-state index contributed by atoms with van der Waals surface area (Å²) in [5.41, 5.74) is 9.19. The second-order valence-corrected chi connectivity index (χ2v) is 6.74. The number of hydrogen-bond acceptors (Lipinski definition) is 0. The summed E-state index contributed by atoms with van der Waals surface area (Å²) in [6.07, 6.45) is 0. The second-order valence-electron chi connectivity index (χ2n) is 6.74. The molecule has 0 spiro atoms. The molecule has 0 aliphatic carbocycles. The third-order valence-corrected chi connectivity index (χ3v) is 5.06. The molecule has 3 aromatic carbocycles. The molecule has 1 nitrogen and oxygen atoms in total. The first kappa shape index (κ1) is 16.4. The van der Waals surface area contributed by atoms with E-state index in [1.165, 1.54) is 39.2 Å². The Morgan fingerprint density at radius 1 is 0.615 bits per heavy atom. The lowest BCUT2D eigenvalue weighted by Gasteiger charge is -2.13. The predicted molar refractivity (Wildman–Crippen MR) is 110 cm³/mol. The van der Waals surface area contributed by atoms with Gasteiger partial charge in [0.05, 0.1) is 5.69 Å². The minimum atomic E-state index is 0.880. The van der Waals surface area contributed by atoms with Crippen LogP contribution in [0.5, 0.6) is 0 Å². The summed E-state index contributed by atoms with van der Waals surface area (Å²) in [6.45, 7) is 5.37. The molecule has 4 aromatic rings. The van der Waals surface area contributed by atoms with Crippen LogP contribution in [0.1, 0.15) is 16.8 Å². The molecule has 0 saturated heterocycles. The molecule has 0 unspecified atom stereocenters. The van der Waals surface area contributed by atoms with Crippen molar-refractivity contribution in [2.75, 3.05) is 0 Å². The quantitative estimate of drug-likeness (QED) is 0.401. The largest absolute Gasteiger partial charge is 0.340 e. The number of aromatic nitrogens is 1. The van der Waals surface area contributed by atoms with E-state index in [1.54, 1.807) is 0 Å². The van der Waals surface area contributed by atoms with Crippen LogP contribution in [0.15, 0.2) is 91.0 Å². The van der Waals surface area contributed by atoms with Crippen molar-refractivity contribution in [3.63, 3.8) is 0 Å². The van der Waals surface area contributed by atoms with Gasteiger partial charge >= 0.3 is 0 Å². The van der Waals surface area contributed by atoms with Crippen LogP contribution in [-0.2, 0) is 6.54 Å². The summed E-state index contributed by atoms with van der Waals surface area (Å²) in [5.74, 6) is 0. The zero-order valence-corrected chi connectivity index (χ0v) is 15.3. The summed E-state index contributed by atoms with van der Waals surface area (Å²) >= 11 is 0. The number of benzene rings is 3. The Balaban J connectivity index is 1.94. The molecule has 0 amide bonds. The Bertz CT molecular complexity index is 996. The van der Waals surface area contributed by atoms with Gasteiger partial charge < -0.3 is 4.57 Å². The number of hydrogen-bond donors (Lipinski definition) is 0. The summed E-state index contributed by atoms with van der Waals surface area (Å²) in [5, 5.41) is 0. The summed E-state index contributed by atoms with van der Waals surface area (Å²) in [6, 6.07) is 32.1. The van der Waals surface area contributed by atoms with E-state index < -0.39 is 0 Å². The Labute approximate surface area is 155 Å². The molecule has 1 aromatic heterocycles. The van der Waals surface area contributed by atoms with Gasteiger partial charge in [-0.1, -0.05) is 91.0 Å². The highest BCUT2D eigenvalue weighted by Gasteiger charge is 2.19. The molecule has 26 heavy (non-hydrogen) atoms. The van der Waals surface area contributed by atoms with Gasteiger partial charge in [-0.05, 0) is 36.1 Å². The average molecular weight is 337 g/mol. The van der Waals surface area contributed by atoms with E-state index in [2.05, 4.69) is 109 Å². The number of nitrogens with zero attached hydrogens (tertiary/aromatic N) is 1. The van der Waals surface area contributed by atoms with Crippen molar-refractivity contribution in [2.24, 2.45) is 0 Å². The SMILES string of the molecule is Cc1c(-c2ccccc2)c(C)n(Cc2ccccc2)c1-c1ccccc1. The van der Waals surface area contributed by atoms with Crippen LogP contribution in [0.3, 0.4) is 0 Å². The minimum Gasteiger partial charge on any atom is -0.340 e. The molecule has 0 bridgehead atoms. The average Bonchev–Trinajstić information content (AvgIpc) is 2.94. The van der Waals surface area contributed by atoms with E-state index in [9.17, 15) is 0 Å². The Hall–Kier alpha value is -3.06. The van der Waals surface area contributed by atoms with Crippen molar-refractivity contribution in [2.45, 2.75) is 20.4 Å². The highest BCUT2D eigenvalue weighted by atomic mass is 15.0. The van der Waals surface area contributed by atoms with E-state index in [4.69, 9.17) is 0 Å². The molecule has 0 atom stereocenters. The molecule has 0 radical (unpaired) electrons. The van der Waals surface area contributed by atoms with Crippen molar-refractivity contribution < 1.29 is 0 Å². The maximum absolute atomic E-state index is 2.46. The standard InChI is InChI=1S/C25H23N/c1-19-24(22-14-8-4-9-15-22)20(2)26(18-21-12-6-3-7-13-21)25(19)23-16-10-5-11-17-23/h3-17H,18H2,1-2H3. The first-order valence-electron chi connectivity index (χ1n) is 9.10. The van der Waals surface area contributed by atoms with Crippen LogP contribution in [0.2, 0.25) is 0 Å². The smallest absolute Gasteiger partial charge is 0.0521 e. The molecule has 128 valence electrons. The van der Waals surface area contributed by atoms with Gasteiger partial charge in [-0.25, -0.2) is 0 Å². The van der Waals surface area contributed by atoms with Crippen LogP contribution in [0.25, 0.3) is 22.4 Å². The van der Waals surface area contributed by atoms with Gasteiger partial charge in [0.1, 0.15) is 0 Å². The molecule has 0 fully saturated rings. The van der Waals surface area contributed by atoms with Crippen LogP contribution < -0.4 is 0 Å². The Kier molecular flexibility index (Phi) is 4.45. The summed E-state index contributed by atoms with van der Waals surface area (Å²) < 4.78 is 2.46. The van der Waals surface area contributed by atoms with E-state index in [1.807, 2.05) is 0 Å². The fraction of sp³-hybridized carbons (Fsp3) is 0.120. The van der Waals surface area contributed by atoms with E-state index in [0.717, 1.165) is 6.54 Å². The first-order chi connectivity index (χ1) is 12.8. The van der Waals surface area contributed by atoms with Crippen LogP contribution in [0.4, 0.5) is 0 Å². The lowest BCUT2D eigenvalue weighted by molar-refractivity contribution is 0.784. The van der Waals surface area contributed by atoms with Gasteiger partial charge in [0.15, 0.2) is 0 Å². The fourth-order valence-corrected chi connectivity index (χ4v) is 3.86. The van der Waals surface area contributed by atoms with E-state index in [-0.39, 0.29) is 0 Å². The molecule has 1 heterocycles. The highest BCUT2D eigenvalue weighted by molar-refractivity contribution is 5.80. The molecule has 0 N–H and O–H groups in total. The van der Waals surface area contributed by atoms with Crippen molar-refractivity contribution in [3.8, 4) is 22.4 Å². The van der Waals surface area contributed by atoms with E-state index in [0.29, 0.717) is 0 Å². The molecular weight excluding hydrogens is 314 g/mol. The highest BCUT2D eigenvalue weighted by Crippen LogP contribution is 2.37. The third kappa shape index (κ3) is 2.97. The summed E-state index contributed by atoms with van der Waals surface area (Å²) in [7, 11) is 0. The zero-order chi connectivity index (χ0) is 17.9.